The number of hydrogen-bond donors (Lipinski definition) is 0. The fraction of sp³-hybridized carbons (Fsp3) is 0.700. The molecule has 0 N–H and O–H groups in total. The third-order valence-corrected chi connectivity index (χ3v) is 14.2. The minimum atomic E-state index is -2.02. The van der Waals surface area contributed by atoms with Crippen molar-refractivity contribution in [1.29, 1.82) is 0 Å². The summed E-state index contributed by atoms with van der Waals surface area (Å²) in [6.45, 7) is 16.1. The van der Waals surface area contributed by atoms with E-state index < -0.39 is 16.8 Å². The lowest BCUT2D eigenvalue weighted by Crippen LogP contribution is -2.53. The van der Waals surface area contributed by atoms with E-state index in [1.165, 1.54) is 23.8 Å². The van der Waals surface area contributed by atoms with Gasteiger partial charge in [-0.15, -0.1) is 0 Å². The van der Waals surface area contributed by atoms with E-state index in [1.807, 2.05) is 0 Å². The molecule has 0 saturated heterocycles. The molecule has 0 fully saturated rings. The van der Waals surface area contributed by atoms with Crippen molar-refractivity contribution in [2.24, 2.45) is 0 Å². The van der Waals surface area contributed by atoms with Crippen molar-refractivity contribution in [3.05, 3.63) is 30.3 Å². The Bertz CT molecular complexity index is 452. The van der Waals surface area contributed by atoms with E-state index in [0.717, 1.165) is 32.2 Å². The van der Waals surface area contributed by atoms with E-state index in [4.69, 9.17) is 8.85 Å². The van der Waals surface area contributed by atoms with Crippen LogP contribution in [0.2, 0.25) is 30.7 Å². The largest absolute Gasteiger partial charge is 0.397 e. The molecule has 0 aliphatic heterocycles. The van der Waals surface area contributed by atoms with Crippen LogP contribution in [0, 0.1) is 0 Å². The first kappa shape index (κ1) is 22.4. The first-order chi connectivity index (χ1) is 12.0. The first-order valence-corrected chi connectivity index (χ1v) is 15.2. The molecule has 1 rings (SSSR count). The SMILES string of the molecule is CCO[Si](C)(CCCN(c1ccccc1)[Si](CC)(CC)CC)OCC. The Balaban J connectivity index is 2.91. The van der Waals surface area contributed by atoms with Gasteiger partial charge in [-0.3, -0.25) is 0 Å². The summed E-state index contributed by atoms with van der Waals surface area (Å²) >= 11 is 0. The lowest BCUT2D eigenvalue weighted by molar-refractivity contribution is 0.188. The molecule has 0 aliphatic rings. The zero-order chi connectivity index (χ0) is 18.8. The van der Waals surface area contributed by atoms with Gasteiger partial charge in [0.25, 0.3) is 0 Å². The summed E-state index contributed by atoms with van der Waals surface area (Å²) in [6, 6.07) is 16.0. The van der Waals surface area contributed by atoms with Gasteiger partial charge in [0.2, 0.25) is 0 Å². The van der Waals surface area contributed by atoms with Gasteiger partial charge in [0.15, 0.2) is 8.24 Å². The quantitative estimate of drug-likeness (QED) is 0.389. The Morgan fingerprint density at radius 3 is 1.80 bits per heavy atom. The molecule has 0 amide bonds. The third kappa shape index (κ3) is 6.24. The van der Waals surface area contributed by atoms with Gasteiger partial charge in [-0.25, -0.2) is 0 Å². The topological polar surface area (TPSA) is 21.7 Å². The monoisotopic (exact) mass is 381 g/mol. The van der Waals surface area contributed by atoms with Crippen molar-refractivity contribution in [3.63, 3.8) is 0 Å². The molecule has 0 spiro atoms. The summed E-state index contributed by atoms with van der Waals surface area (Å²) in [5, 5.41) is 0. The number of anilines is 1. The van der Waals surface area contributed by atoms with Crippen LogP contribution in [0.15, 0.2) is 30.3 Å². The van der Waals surface area contributed by atoms with Crippen molar-refractivity contribution in [2.75, 3.05) is 24.3 Å². The number of hydrogen-bond acceptors (Lipinski definition) is 3. The minimum absolute atomic E-state index is 0.753. The van der Waals surface area contributed by atoms with Crippen molar-refractivity contribution in [1.82, 2.24) is 0 Å². The van der Waals surface area contributed by atoms with Crippen molar-refractivity contribution in [2.45, 2.75) is 71.8 Å². The number of rotatable bonds is 13. The molecular formula is C20H39NO2Si2. The molecule has 0 radical (unpaired) electrons. The summed E-state index contributed by atoms with van der Waals surface area (Å²) in [5.74, 6) is 0. The maximum atomic E-state index is 6.03. The molecule has 0 atom stereocenters. The Labute approximate surface area is 158 Å². The molecule has 0 aliphatic carbocycles. The Morgan fingerprint density at radius 2 is 1.36 bits per heavy atom. The zero-order valence-electron chi connectivity index (χ0n) is 17.3. The van der Waals surface area contributed by atoms with Crippen LogP contribution in [0.4, 0.5) is 5.69 Å². The van der Waals surface area contributed by atoms with Gasteiger partial charge in [-0.1, -0.05) is 39.0 Å². The van der Waals surface area contributed by atoms with Gasteiger partial charge in [0.05, 0.1) is 0 Å². The molecular weight excluding hydrogens is 342 g/mol. The second kappa shape index (κ2) is 11.2. The highest BCUT2D eigenvalue weighted by molar-refractivity contribution is 6.83. The highest BCUT2D eigenvalue weighted by Crippen LogP contribution is 2.31. The summed E-state index contributed by atoms with van der Waals surface area (Å²) in [4.78, 5) is 0. The first-order valence-electron chi connectivity index (χ1n) is 10.1. The molecule has 1 aromatic rings. The van der Waals surface area contributed by atoms with Gasteiger partial charge < -0.3 is 13.4 Å². The fourth-order valence-corrected chi connectivity index (χ4v) is 10.3. The van der Waals surface area contributed by atoms with Crippen LogP contribution in [0.25, 0.3) is 0 Å². The van der Waals surface area contributed by atoms with Crippen LogP contribution in [-0.2, 0) is 8.85 Å². The van der Waals surface area contributed by atoms with E-state index >= 15 is 0 Å². The van der Waals surface area contributed by atoms with Gasteiger partial charge in [0.1, 0.15) is 0 Å². The van der Waals surface area contributed by atoms with Crippen LogP contribution in [0.3, 0.4) is 0 Å². The summed E-state index contributed by atoms with van der Waals surface area (Å²) in [7, 11) is -3.47. The maximum absolute atomic E-state index is 6.03. The average Bonchev–Trinajstić information content (AvgIpc) is 2.63. The summed E-state index contributed by atoms with van der Waals surface area (Å²) in [5.41, 5.74) is 1.40. The van der Waals surface area contributed by atoms with E-state index in [9.17, 15) is 0 Å². The molecule has 0 aromatic heterocycles. The van der Waals surface area contributed by atoms with Crippen molar-refractivity contribution in [3.8, 4) is 0 Å². The second-order valence-electron chi connectivity index (χ2n) is 6.88. The Morgan fingerprint density at radius 1 is 0.840 bits per heavy atom. The van der Waals surface area contributed by atoms with E-state index in [-0.39, 0.29) is 0 Å². The molecule has 1 aromatic carbocycles. The predicted octanol–water partition coefficient (Wildman–Crippen LogP) is 6.03. The lowest BCUT2D eigenvalue weighted by Gasteiger charge is -2.43. The molecule has 5 heteroatoms. The van der Waals surface area contributed by atoms with Gasteiger partial charge >= 0.3 is 8.56 Å². The van der Waals surface area contributed by atoms with Crippen LogP contribution < -0.4 is 4.57 Å². The smallest absolute Gasteiger partial charge is 0.334 e. The van der Waals surface area contributed by atoms with E-state index in [2.05, 4.69) is 76.1 Å². The zero-order valence-corrected chi connectivity index (χ0v) is 19.3. The average molecular weight is 382 g/mol. The lowest BCUT2D eigenvalue weighted by atomic mass is 10.3. The number of benzene rings is 1. The number of para-hydroxylation sites is 1. The summed E-state index contributed by atoms with van der Waals surface area (Å²) in [6.07, 6.45) is 1.15. The molecule has 144 valence electrons. The Kier molecular flexibility index (Phi) is 10.0. The molecule has 0 saturated carbocycles. The molecule has 0 unspecified atom stereocenters. The highest BCUT2D eigenvalue weighted by atomic mass is 28.4. The molecule has 3 nitrogen and oxygen atoms in total. The molecule has 0 bridgehead atoms. The van der Waals surface area contributed by atoms with Crippen molar-refractivity contribution >= 4 is 22.5 Å². The second-order valence-corrected chi connectivity index (χ2v) is 15.3. The van der Waals surface area contributed by atoms with E-state index in [0.29, 0.717) is 0 Å². The van der Waals surface area contributed by atoms with Gasteiger partial charge in [0, 0.05) is 25.4 Å². The normalized spacial score (nSPS) is 12.4. The van der Waals surface area contributed by atoms with Crippen LogP contribution in [0.5, 0.6) is 0 Å². The molecule has 0 heterocycles. The number of nitrogens with zero attached hydrogens (tertiary/aromatic N) is 1. The highest BCUT2D eigenvalue weighted by Gasteiger charge is 2.36. The van der Waals surface area contributed by atoms with E-state index in [1.54, 1.807) is 0 Å². The fourth-order valence-electron chi connectivity index (χ4n) is 3.93. The van der Waals surface area contributed by atoms with Crippen molar-refractivity contribution < 1.29 is 8.85 Å². The van der Waals surface area contributed by atoms with Crippen LogP contribution in [-0.4, -0.2) is 36.6 Å². The van der Waals surface area contributed by atoms with Crippen LogP contribution in [0.1, 0.15) is 41.0 Å². The summed E-state index contributed by atoms with van der Waals surface area (Å²) < 4.78 is 14.8. The maximum Gasteiger partial charge on any atom is 0.334 e. The molecule has 25 heavy (non-hydrogen) atoms. The predicted molar refractivity (Wildman–Crippen MR) is 115 cm³/mol. The Hall–Kier alpha value is -0.626. The third-order valence-electron chi connectivity index (χ3n) is 5.53. The van der Waals surface area contributed by atoms with Crippen LogP contribution >= 0.6 is 0 Å². The van der Waals surface area contributed by atoms with Gasteiger partial charge in [-0.05, 0) is 63.1 Å². The standard InChI is InChI=1S/C20H39NO2Si2/c1-7-22-24(6,23-8-2)19-15-18-21(20-16-13-12-14-17-20)25(9-3,10-4)11-5/h12-14,16-17H,7-11,15,18-19H2,1-6H3. The minimum Gasteiger partial charge on any atom is -0.397 e. The van der Waals surface area contributed by atoms with Gasteiger partial charge in [-0.2, -0.15) is 0 Å².